The number of esters is 1. The van der Waals surface area contributed by atoms with Crippen molar-refractivity contribution in [2.45, 2.75) is 51.2 Å². The molecule has 1 aliphatic carbocycles. The molecule has 3 atom stereocenters. The summed E-state index contributed by atoms with van der Waals surface area (Å²) in [4.78, 5) is 33.9. The highest BCUT2D eigenvalue weighted by Crippen LogP contribution is 2.39. The normalized spacial score (nSPS) is 19.4. The molecule has 0 spiro atoms. The Bertz CT molecular complexity index is 1030. The zero-order valence-corrected chi connectivity index (χ0v) is 20.7. The number of ether oxygens (including phenoxy) is 5. The third kappa shape index (κ3) is 6.54. The molecule has 2 aromatic rings. The Hall–Kier alpha value is -3.53. The lowest BCUT2D eigenvalue weighted by atomic mass is 9.79. The van der Waals surface area contributed by atoms with E-state index in [0.717, 1.165) is 5.56 Å². The zero-order valence-electron chi connectivity index (χ0n) is 20.7. The second-order valence-electron chi connectivity index (χ2n) is 8.04. The van der Waals surface area contributed by atoms with E-state index in [-0.39, 0.29) is 35.3 Å². The number of benzene rings is 1. The minimum absolute atomic E-state index is 0.123. The van der Waals surface area contributed by atoms with E-state index in [9.17, 15) is 9.59 Å². The van der Waals surface area contributed by atoms with Gasteiger partial charge in [0.05, 0.1) is 34.0 Å². The number of rotatable bonds is 10. The van der Waals surface area contributed by atoms with Crippen molar-refractivity contribution in [3.8, 4) is 23.1 Å². The molecule has 0 unspecified atom stereocenters. The first-order chi connectivity index (χ1) is 16.9. The molecule has 35 heavy (non-hydrogen) atoms. The van der Waals surface area contributed by atoms with E-state index in [2.05, 4.69) is 10.5 Å². The molecule has 0 saturated heterocycles. The summed E-state index contributed by atoms with van der Waals surface area (Å²) in [6.45, 7) is 3.78. The van der Waals surface area contributed by atoms with Crippen molar-refractivity contribution in [1.82, 2.24) is 10.5 Å². The maximum atomic E-state index is 12.8. The lowest BCUT2D eigenvalue weighted by Gasteiger charge is -2.36. The minimum atomic E-state index is -0.636. The third-order valence-electron chi connectivity index (χ3n) is 5.84. The van der Waals surface area contributed by atoms with Crippen LogP contribution in [0.5, 0.6) is 23.1 Å². The summed E-state index contributed by atoms with van der Waals surface area (Å²) in [5.41, 5.74) is 4.03. The predicted molar refractivity (Wildman–Crippen MR) is 126 cm³/mol. The number of nitrogens with one attached hydrogen (secondary N) is 1. The van der Waals surface area contributed by atoms with Crippen LogP contribution in [0.15, 0.2) is 30.5 Å². The first kappa shape index (κ1) is 26.1. The number of hydrogen-bond acceptors (Lipinski definition) is 10. The van der Waals surface area contributed by atoms with E-state index in [1.165, 1.54) is 33.4 Å². The Morgan fingerprint density at radius 1 is 1.03 bits per heavy atom. The number of aromatic nitrogens is 1. The monoisotopic (exact) mass is 488 g/mol. The molecule has 1 aromatic heterocycles. The number of hydroxylamine groups is 1. The molecular weight excluding hydrogens is 456 g/mol. The first-order valence-corrected chi connectivity index (χ1v) is 11.4. The largest absolute Gasteiger partial charge is 0.496 e. The van der Waals surface area contributed by atoms with Crippen molar-refractivity contribution in [2.75, 3.05) is 27.9 Å². The van der Waals surface area contributed by atoms with Crippen molar-refractivity contribution >= 4 is 11.9 Å². The third-order valence-corrected chi connectivity index (χ3v) is 5.84. The Balaban J connectivity index is 1.81. The maximum absolute atomic E-state index is 12.8. The summed E-state index contributed by atoms with van der Waals surface area (Å²) in [6, 6.07) is 6.97. The molecule has 1 heterocycles. The lowest BCUT2D eigenvalue weighted by Crippen LogP contribution is -2.42. The van der Waals surface area contributed by atoms with Gasteiger partial charge in [-0.2, -0.15) is 0 Å². The smallest absolute Gasteiger partial charge is 0.362 e. The van der Waals surface area contributed by atoms with Crippen LogP contribution in [0.2, 0.25) is 0 Å². The van der Waals surface area contributed by atoms with E-state index in [0.29, 0.717) is 43.2 Å². The maximum Gasteiger partial charge on any atom is 0.362 e. The average Bonchev–Trinajstić information content (AvgIpc) is 2.87. The van der Waals surface area contributed by atoms with Gasteiger partial charge in [-0.25, -0.2) is 9.78 Å². The van der Waals surface area contributed by atoms with Gasteiger partial charge in [0, 0.05) is 25.1 Å². The molecule has 0 radical (unpaired) electrons. The topological polar surface area (TPSA) is 114 Å². The van der Waals surface area contributed by atoms with Gasteiger partial charge in [0.15, 0.2) is 11.5 Å². The van der Waals surface area contributed by atoms with Crippen molar-refractivity contribution in [3.63, 3.8) is 0 Å². The average molecular weight is 489 g/mol. The van der Waals surface area contributed by atoms with E-state index in [1.54, 1.807) is 7.11 Å². The number of methoxy groups -OCH3 is 3. The fourth-order valence-electron chi connectivity index (χ4n) is 4.21. The van der Waals surface area contributed by atoms with E-state index in [1.807, 2.05) is 25.1 Å². The molecular formula is C25H32N2O8. The van der Waals surface area contributed by atoms with Crippen LogP contribution in [0.4, 0.5) is 0 Å². The summed E-state index contributed by atoms with van der Waals surface area (Å²) in [5.74, 6) is 0.764. The molecule has 0 amide bonds. The Morgan fingerprint density at radius 3 is 2.46 bits per heavy atom. The molecule has 10 nitrogen and oxygen atoms in total. The molecule has 0 bridgehead atoms. The number of carbonyl (C=O) groups is 2. The van der Waals surface area contributed by atoms with Crippen molar-refractivity contribution in [1.29, 1.82) is 0 Å². The molecule has 1 fully saturated rings. The summed E-state index contributed by atoms with van der Waals surface area (Å²) in [6.07, 6.45) is 2.90. The Labute approximate surface area is 204 Å². The van der Waals surface area contributed by atoms with Gasteiger partial charge in [0.1, 0.15) is 17.4 Å². The second-order valence-corrected chi connectivity index (χ2v) is 8.04. The summed E-state index contributed by atoms with van der Waals surface area (Å²) in [7, 11) is 4.51. The fraction of sp³-hybridized carbons (Fsp3) is 0.480. The highest BCUT2D eigenvalue weighted by Gasteiger charge is 2.35. The van der Waals surface area contributed by atoms with Crippen molar-refractivity contribution in [2.24, 2.45) is 0 Å². The predicted octanol–water partition coefficient (Wildman–Crippen LogP) is 3.44. The van der Waals surface area contributed by atoms with Gasteiger partial charge in [0.2, 0.25) is 5.88 Å². The molecule has 1 aliphatic rings. The molecule has 0 aliphatic heterocycles. The van der Waals surface area contributed by atoms with Gasteiger partial charge in [-0.1, -0.05) is 6.07 Å². The van der Waals surface area contributed by atoms with E-state index in [4.69, 9.17) is 28.5 Å². The number of pyridine rings is 1. The fourth-order valence-corrected chi connectivity index (χ4v) is 4.21. The van der Waals surface area contributed by atoms with Gasteiger partial charge in [-0.15, -0.1) is 5.48 Å². The van der Waals surface area contributed by atoms with Crippen molar-refractivity contribution < 1.29 is 38.1 Å². The van der Waals surface area contributed by atoms with Gasteiger partial charge in [-0.05, 0) is 43.9 Å². The standard InChI is InChI=1S/C25H32N2O8/c1-6-33-23-11-16(7-10-21(23)30-3)18-12-17(34-15(2)28)8-9-20(18)27-35-25(29)19-14-26-24(32-5)13-22(19)31-4/h7,10-11,13-14,17-18,20,27H,6,8-9,12H2,1-5H3/t17-,18-,20-/m1/s1. The van der Waals surface area contributed by atoms with Crippen LogP contribution in [-0.4, -0.2) is 57.0 Å². The highest BCUT2D eigenvalue weighted by molar-refractivity contribution is 5.92. The van der Waals surface area contributed by atoms with Crippen molar-refractivity contribution in [3.05, 3.63) is 41.6 Å². The quantitative estimate of drug-likeness (QED) is 0.394. The van der Waals surface area contributed by atoms with Crippen LogP contribution in [0.3, 0.4) is 0 Å². The van der Waals surface area contributed by atoms with E-state index < -0.39 is 5.97 Å². The summed E-state index contributed by atoms with van der Waals surface area (Å²) < 4.78 is 27.0. The Morgan fingerprint density at radius 2 is 1.80 bits per heavy atom. The van der Waals surface area contributed by atoms with Crippen LogP contribution < -0.4 is 24.4 Å². The zero-order chi connectivity index (χ0) is 25.4. The first-order valence-electron chi connectivity index (χ1n) is 11.4. The molecule has 1 aromatic carbocycles. The number of nitrogens with zero attached hydrogens (tertiary/aromatic N) is 1. The lowest BCUT2D eigenvalue weighted by molar-refractivity contribution is -0.148. The molecule has 1 saturated carbocycles. The number of carbonyl (C=O) groups excluding carboxylic acids is 2. The van der Waals surface area contributed by atoms with Crippen LogP contribution in [-0.2, 0) is 14.4 Å². The second kappa shape index (κ2) is 12.3. The number of hydrogen-bond donors (Lipinski definition) is 1. The van der Waals surface area contributed by atoms with Gasteiger partial charge in [0.25, 0.3) is 0 Å². The van der Waals surface area contributed by atoms with Gasteiger partial charge >= 0.3 is 11.9 Å². The summed E-state index contributed by atoms with van der Waals surface area (Å²) >= 11 is 0. The molecule has 3 rings (SSSR count). The molecule has 190 valence electrons. The van der Waals surface area contributed by atoms with Gasteiger partial charge in [-0.3, -0.25) is 4.79 Å². The van der Waals surface area contributed by atoms with E-state index >= 15 is 0 Å². The van der Waals surface area contributed by atoms with Crippen LogP contribution in [0.1, 0.15) is 54.9 Å². The van der Waals surface area contributed by atoms with Crippen LogP contribution >= 0.6 is 0 Å². The summed E-state index contributed by atoms with van der Waals surface area (Å²) in [5, 5.41) is 0. The molecule has 1 N–H and O–H groups in total. The SMILES string of the molecule is CCOc1cc([C@H]2C[C@H](OC(C)=O)CC[C@H]2NOC(=O)c2cnc(OC)cc2OC)ccc1OC. The van der Waals surface area contributed by atoms with Crippen LogP contribution in [0, 0.1) is 0 Å². The highest BCUT2D eigenvalue weighted by atomic mass is 16.7. The van der Waals surface area contributed by atoms with Crippen LogP contribution in [0.25, 0.3) is 0 Å². The molecule has 10 heteroatoms. The minimum Gasteiger partial charge on any atom is -0.496 e. The Kier molecular flexibility index (Phi) is 9.13. The van der Waals surface area contributed by atoms with Gasteiger partial charge < -0.3 is 28.5 Å².